The van der Waals surface area contributed by atoms with Gasteiger partial charge in [0.1, 0.15) is 22.2 Å². The molecule has 2 aromatic carbocycles. The summed E-state index contributed by atoms with van der Waals surface area (Å²) in [6.45, 7) is 0. The Morgan fingerprint density at radius 3 is 2.32 bits per heavy atom. The summed E-state index contributed by atoms with van der Waals surface area (Å²) in [7, 11) is 0.949. The molecule has 3 rings (SSSR count). The number of anilines is 3. The Kier molecular flexibility index (Phi) is 5.70. The Labute approximate surface area is 164 Å². The molecular weight excluding hydrogens is 378 g/mol. The van der Waals surface area contributed by atoms with Gasteiger partial charge in [0.05, 0.1) is 26.1 Å². The smallest absolute Gasteiger partial charge is 0.265 e. The Morgan fingerprint density at radius 2 is 1.71 bits per heavy atom. The molecule has 28 heavy (non-hydrogen) atoms. The summed E-state index contributed by atoms with van der Waals surface area (Å²) in [5.41, 5.74) is 1.33. The zero-order valence-corrected chi connectivity index (χ0v) is 16.6. The SMILES string of the molecule is COc1ccc(S(=O)(=O)Nc2ccc(N(C)c3ccccc3)nc2)c(OC)c1. The van der Waals surface area contributed by atoms with E-state index in [0.29, 0.717) is 17.3 Å². The molecule has 0 saturated carbocycles. The average Bonchev–Trinajstić information content (AvgIpc) is 2.73. The van der Waals surface area contributed by atoms with Gasteiger partial charge in [-0.2, -0.15) is 0 Å². The number of hydrogen-bond acceptors (Lipinski definition) is 6. The molecule has 0 aliphatic carbocycles. The minimum Gasteiger partial charge on any atom is -0.497 e. The lowest BCUT2D eigenvalue weighted by Crippen LogP contribution is -2.15. The Bertz CT molecular complexity index is 1040. The highest BCUT2D eigenvalue weighted by molar-refractivity contribution is 7.92. The van der Waals surface area contributed by atoms with E-state index in [-0.39, 0.29) is 10.6 Å². The van der Waals surface area contributed by atoms with Crippen molar-refractivity contribution in [1.29, 1.82) is 0 Å². The quantitative estimate of drug-likeness (QED) is 0.653. The first-order valence-corrected chi connectivity index (χ1v) is 9.92. The molecule has 0 aliphatic heterocycles. The highest BCUT2D eigenvalue weighted by atomic mass is 32.2. The van der Waals surface area contributed by atoms with Crippen molar-refractivity contribution in [2.75, 3.05) is 30.9 Å². The number of nitrogens with one attached hydrogen (secondary N) is 1. The van der Waals surface area contributed by atoms with Crippen molar-refractivity contribution in [3.05, 3.63) is 66.9 Å². The molecule has 1 N–H and O–H groups in total. The van der Waals surface area contributed by atoms with Gasteiger partial charge in [-0.25, -0.2) is 13.4 Å². The van der Waals surface area contributed by atoms with Gasteiger partial charge in [0, 0.05) is 18.8 Å². The number of benzene rings is 2. The molecule has 1 heterocycles. The molecule has 0 bridgehead atoms. The summed E-state index contributed by atoms with van der Waals surface area (Å²) in [5, 5.41) is 0. The van der Waals surface area contributed by atoms with Gasteiger partial charge in [0.25, 0.3) is 10.0 Å². The topological polar surface area (TPSA) is 80.8 Å². The van der Waals surface area contributed by atoms with Crippen LogP contribution in [0, 0.1) is 0 Å². The summed E-state index contributed by atoms with van der Waals surface area (Å²) in [6.07, 6.45) is 1.47. The fourth-order valence-corrected chi connectivity index (χ4v) is 3.83. The zero-order chi connectivity index (χ0) is 20.1. The highest BCUT2D eigenvalue weighted by Crippen LogP contribution is 2.30. The van der Waals surface area contributed by atoms with Crippen LogP contribution in [-0.2, 0) is 10.0 Å². The molecule has 0 fully saturated rings. The fraction of sp³-hybridized carbons (Fsp3) is 0.150. The van der Waals surface area contributed by atoms with Crippen molar-refractivity contribution in [3.8, 4) is 11.5 Å². The number of nitrogens with zero attached hydrogens (tertiary/aromatic N) is 2. The van der Waals surface area contributed by atoms with Gasteiger partial charge in [-0.3, -0.25) is 4.72 Å². The van der Waals surface area contributed by atoms with Crippen LogP contribution >= 0.6 is 0 Å². The van der Waals surface area contributed by atoms with E-state index in [1.165, 1.54) is 32.5 Å². The summed E-state index contributed by atoms with van der Waals surface area (Å²) in [4.78, 5) is 6.27. The zero-order valence-electron chi connectivity index (χ0n) is 15.8. The van der Waals surface area contributed by atoms with Gasteiger partial charge in [-0.05, 0) is 36.4 Å². The third kappa shape index (κ3) is 4.17. The van der Waals surface area contributed by atoms with Crippen LogP contribution in [0.15, 0.2) is 71.8 Å². The van der Waals surface area contributed by atoms with E-state index >= 15 is 0 Å². The molecule has 0 amide bonds. The van der Waals surface area contributed by atoms with E-state index in [4.69, 9.17) is 9.47 Å². The van der Waals surface area contributed by atoms with Crippen molar-refractivity contribution in [1.82, 2.24) is 4.98 Å². The van der Waals surface area contributed by atoms with Gasteiger partial charge < -0.3 is 14.4 Å². The second-order valence-electron chi connectivity index (χ2n) is 5.92. The molecule has 0 atom stereocenters. The van der Waals surface area contributed by atoms with Crippen molar-refractivity contribution in [2.24, 2.45) is 0 Å². The van der Waals surface area contributed by atoms with Gasteiger partial charge >= 0.3 is 0 Å². The second-order valence-corrected chi connectivity index (χ2v) is 7.57. The van der Waals surface area contributed by atoms with E-state index in [1.54, 1.807) is 18.2 Å². The van der Waals surface area contributed by atoms with Gasteiger partial charge in [0.15, 0.2) is 0 Å². The molecule has 0 unspecified atom stereocenters. The van der Waals surface area contributed by atoms with E-state index in [2.05, 4.69) is 9.71 Å². The summed E-state index contributed by atoms with van der Waals surface area (Å²) in [5.74, 6) is 1.39. The lowest BCUT2D eigenvalue weighted by Gasteiger charge is -2.18. The lowest BCUT2D eigenvalue weighted by molar-refractivity contribution is 0.386. The molecule has 0 aliphatic rings. The average molecular weight is 399 g/mol. The molecule has 0 spiro atoms. The second kappa shape index (κ2) is 8.18. The van der Waals surface area contributed by atoms with Crippen LogP contribution in [-0.4, -0.2) is 34.7 Å². The maximum atomic E-state index is 12.8. The van der Waals surface area contributed by atoms with E-state index in [9.17, 15) is 8.42 Å². The minimum absolute atomic E-state index is 0.0151. The Morgan fingerprint density at radius 1 is 0.964 bits per heavy atom. The number of rotatable bonds is 7. The maximum Gasteiger partial charge on any atom is 0.265 e. The summed E-state index contributed by atoms with van der Waals surface area (Å²) >= 11 is 0. The third-order valence-corrected chi connectivity index (χ3v) is 5.57. The Hall–Kier alpha value is -3.26. The van der Waals surface area contributed by atoms with Gasteiger partial charge in [-0.1, -0.05) is 18.2 Å². The predicted octanol–water partition coefficient (Wildman–Crippen LogP) is 3.67. The first-order valence-electron chi connectivity index (χ1n) is 8.44. The number of para-hydroxylation sites is 1. The summed E-state index contributed by atoms with van der Waals surface area (Å²) < 4.78 is 38.3. The fourth-order valence-electron chi connectivity index (χ4n) is 2.64. The van der Waals surface area contributed by atoms with E-state index in [0.717, 1.165) is 5.69 Å². The standard InChI is InChI=1S/C20H21N3O4S/c1-23(16-7-5-4-6-8-16)20-12-9-15(14-21-20)22-28(24,25)19-11-10-17(26-2)13-18(19)27-3/h4-14,22H,1-3H3. The van der Waals surface area contributed by atoms with Crippen LogP contribution in [0.25, 0.3) is 0 Å². The van der Waals surface area contributed by atoms with Crippen molar-refractivity contribution in [3.63, 3.8) is 0 Å². The molecule has 7 nitrogen and oxygen atoms in total. The normalized spacial score (nSPS) is 11.0. The molecule has 8 heteroatoms. The number of pyridine rings is 1. The molecule has 3 aromatic rings. The van der Waals surface area contributed by atoms with Crippen LogP contribution in [0.1, 0.15) is 0 Å². The lowest BCUT2D eigenvalue weighted by atomic mass is 10.3. The van der Waals surface area contributed by atoms with Crippen molar-refractivity contribution >= 4 is 27.2 Å². The molecule has 146 valence electrons. The monoisotopic (exact) mass is 399 g/mol. The highest BCUT2D eigenvalue weighted by Gasteiger charge is 2.20. The van der Waals surface area contributed by atoms with Crippen molar-refractivity contribution < 1.29 is 17.9 Å². The molecule has 0 radical (unpaired) electrons. The van der Waals surface area contributed by atoms with Gasteiger partial charge in [0.2, 0.25) is 0 Å². The number of methoxy groups -OCH3 is 2. The maximum absolute atomic E-state index is 12.8. The van der Waals surface area contributed by atoms with Crippen LogP contribution in [0.2, 0.25) is 0 Å². The van der Waals surface area contributed by atoms with E-state index < -0.39 is 10.0 Å². The number of aromatic nitrogens is 1. The molecule has 0 saturated heterocycles. The predicted molar refractivity (Wildman–Crippen MR) is 109 cm³/mol. The van der Waals surface area contributed by atoms with Crippen LogP contribution < -0.4 is 19.1 Å². The van der Waals surface area contributed by atoms with Gasteiger partial charge in [-0.15, -0.1) is 0 Å². The first-order chi connectivity index (χ1) is 13.4. The van der Waals surface area contributed by atoms with E-state index in [1.807, 2.05) is 42.3 Å². The van der Waals surface area contributed by atoms with Crippen LogP contribution in [0.4, 0.5) is 17.2 Å². The number of ether oxygens (including phenoxy) is 2. The number of sulfonamides is 1. The van der Waals surface area contributed by atoms with Crippen LogP contribution in [0.5, 0.6) is 11.5 Å². The first kappa shape index (κ1) is 19.5. The Balaban J connectivity index is 1.82. The number of hydrogen-bond donors (Lipinski definition) is 1. The molecule has 1 aromatic heterocycles. The third-order valence-electron chi connectivity index (χ3n) is 4.15. The van der Waals surface area contributed by atoms with Crippen LogP contribution in [0.3, 0.4) is 0 Å². The summed E-state index contributed by atoms with van der Waals surface area (Å²) in [6, 6.07) is 17.7. The minimum atomic E-state index is -3.85. The van der Waals surface area contributed by atoms with Crippen molar-refractivity contribution in [2.45, 2.75) is 4.90 Å². The molecular formula is C20H21N3O4S. The largest absolute Gasteiger partial charge is 0.497 e.